The SMILES string of the molecule is O=C(NC(CO)c1cccnc1)c1nccc2sc(Cl)cc12. The monoisotopic (exact) mass is 333 g/mol. The highest BCUT2D eigenvalue weighted by Crippen LogP contribution is 2.30. The number of amides is 1. The molecule has 0 bridgehead atoms. The van der Waals surface area contributed by atoms with Gasteiger partial charge in [0, 0.05) is 28.7 Å². The molecular weight excluding hydrogens is 322 g/mol. The number of halogens is 1. The molecular formula is C15H12ClN3O2S. The molecule has 0 saturated carbocycles. The molecule has 22 heavy (non-hydrogen) atoms. The third-order valence-electron chi connectivity index (χ3n) is 3.21. The van der Waals surface area contributed by atoms with Crippen LogP contribution >= 0.6 is 22.9 Å². The van der Waals surface area contributed by atoms with E-state index >= 15 is 0 Å². The van der Waals surface area contributed by atoms with Crippen LogP contribution in [0.2, 0.25) is 4.34 Å². The van der Waals surface area contributed by atoms with Crippen molar-refractivity contribution >= 4 is 38.9 Å². The van der Waals surface area contributed by atoms with Crippen LogP contribution < -0.4 is 5.32 Å². The van der Waals surface area contributed by atoms with Crippen LogP contribution in [-0.4, -0.2) is 27.6 Å². The summed E-state index contributed by atoms with van der Waals surface area (Å²) in [6.07, 6.45) is 4.81. The Morgan fingerprint density at radius 1 is 1.41 bits per heavy atom. The molecule has 112 valence electrons. The minimum atomic E-state index is -0.535. The molecule has 0 aliphatic heterocycles. The molecule has 0 fully saturated rings. The Kier molecular flexibility index (Phi) is 4.33. The molecule has 0 radical (unpaired) electrons. The highest BCUT2D eigenvalue weighted by Gasteiger charge is 2.18. The number of hydrogen-bond acceptors (Lipinski definition) is 5. The molecule has 1 unspecified atom stereocenters. The second-order valence-electron chi connectivity index (χ2n) is 4.62. The lowest BCUT2D eigenvalue weighted by atomic mass is 10.1. The number of carbonyl (C=O) groups is 1. The number of carbonyl (C=O) groups excluding carboxylic acids is 1. The lowest BCUT2D eigenvalue weighted by molar-refractivity contribution is 0.0913. The third-order valence-corrected chi connectivity index (χ3v) is 4.43. The quantitative estimate of drug-likeness (QED) is 0.770. The second-order valence-corrected chi connectivity index (χ2v) is 6.33. The zero-order chi connectivity index (χ0) is 15.5. The van der Waals surface area contributed by atoms with Gasteiger partial charge in [-0.2, -0.15) is 0 Å². The number of fused-ring (bicyclic) bond motifs is 1. The molecule has 1 atom stereocenters. The van der Waals surface area contributed by atoms with Gasteiger partial charge in [0.1, 0.15) is 5.69 Å². The van der Waals surface area contributed by atoms with Crippen molar-refractivity contribution in [3.63, 3.8) is 0 Å². The van der Waals surface area contributed by atoms with Crippen molar-refractivity contribution in [2.45, 2.75) is 6.04 Å². The normalized spacial score (nSPS) is 12.3. The van der Waals surface area contributed by atoms with Gasteiger partial charge in [0.25, 0.3) is 5.91 Å². The van der Waals surface area contributed by atoms with Crippen LogP contribution in [0.1, 0.15) is 22.1 Å². The molecule has 3 heterocycles. The Balaban J connectivity index is 1.89. The zero-order valence-corrected chi connectivity index (χ0v) is 12.9. The van der Waals surface area contributed by atoms with E-state index < -0.39 is 6.04 Å². The van der Waals surface area contributed by atoms with Crippen LogP contribution in [0.3, 0.4) is 0 Å². The van der Waals surface area contributed by atoms with E-state index in [0.717, 1.165) is 10.3 Å². The maximum Gasteiger partial charge on any atom is 0.271 e. The van der Waals surface area contributed by atoms with Crippen LogP contribution in [-0.2, 0) is 0 Å². The highest BCUT2D eigenvalue weighted by molar-refractivity contribution is 7.22. The molecule has 0 spiro atoms. The Bertz CT molecular complexity index is 807. The molecule has 5 nitrogen and oxygen atoms in total. The minimum Gasteiger partial charge on any atom is -0.394 e. The van der Waals surface area contributed by atoms with Crippen molar-refractivity contribution < 1.29 is 9.90 Å². The van der Waals surface area contributed by atoms with Gasteiger partial charge in [-0.15, -0.1) is 11.3 Å². The van der Waals surface area contributed by atoms with Crippen LogP contribution in [0.25, 0.3) is 10.1 Å². The Hall–Kier alpha value is -2.02. The van der Waals surface area contributed by atoms with E-state index in [4.69, 9.17) is 11.6 Å². The van der Waals surface area contributed by atoms with Gasteiger partial charge in [-0.05, 0) is 23.8 Å². The average Bonchev–Trinajstić information content (AvgIpc) is 2.93. The summed E-state index contributed by atoms with van der Waals surface area (Å²) in [5, 5.41) is 13.0. The summed E-state index contributed by atoms with van der Waals surface area (Å²) in [4.78, 5) is 20.6. The third kappa shape index (κ3) is 2.94. The van der Waals surface area contributed by atoms with Crippen molar-refractivity contribution in [1.29, 1.82) is 0 Å². The van der Waals surface area contributed by atoms with Crippen LogP contribution in [0.5, 0.6) is 0 Å². The second kappa shape index (κ2) is 6.39. The molecule has 0 saturated heterocycles. The Morgan fingerprint density at radius 3 is 3.00 bits per heavy atom. The summed E-state index contributed by atoms with van der Waals surface area (Å²) in [6.45, 7) is -0.224. The first-order chi connectivity index (χ1) is 10.7. The van der Waals surface area contributed by atoms with Gasteiger partial charge in [-0.25, -0.2) is 0 Å². The first-order valence-corrected chi connectivity index (χ1v) is 7.74. The van der Waals surface area contributed by atoms with Crippen molar-refractivity contribution in [3.05, 3.63) is 58.4 Å². The van der Waals surface area contributed by atoms with Gasteiger partial charge < -0.3 is 10.4 Å². The molecule has 3 aromatic heterocycles. The topological polar surface area (TPSA) is 75.1 Å². The summed E-state index contributed by atoms with van der Waals surface area (Å²) in [5.41, 5.74) is 1.02. The number of aromatic nitrogens is 2. The molecule has 0 aliphatic carbocycles. The predicted octanol–water partition coefficient (Wildman–Crippen LogP) is 2.81. The summed E-state index contributed by atoms with van der Waals surface area (Å²) in [5.74, 6) is -0.358. The van der Waals surface area contributed by atoms with E-state index in [1.165, 1.54) is 11.3 Å². The Morgan fingerprint density at radius 2 is 2.27 bits per heavy atom. The van der Waals surface area contributed by atoms with Gasteiger partial charge >= 0.3 is 0 Å². The maximum absolute atomic E-state index is 12.5. The number of pyridine rings is 2. The zero-order valence-electron chi connectivity index (χ0n) is 11.4. The number of rotatable bonds is 4. The van der Waals surface area contributed by atoms with Crippen molar-refractivity contribution in [1.82, 2.24) is 15.3 Å². The molecule has 1 amide bonds. The molecule has 3 rings (SSSR count). The van der Waals surface area contributed by atoms with Gasteiger partial charge in [0.15, 0.2) is 0 Å². The number of nitrogens with zero attached hydrogens (tertiary/aromatic N) is 2. The van der Waals surface area contributed by atoms with E-state index in [9.17, 15) is 9.90 Å². The van der Waals surface area contributed by atoms with Crippen molar-refractivity contribution in [3.8, 4) is 0 Å². The molecule has 3 aromatic rings. The lowest BCUT2D eigenvalue weighted by Gasteiger charge is -2.16. The van der Waals surface area contributed by atoms with Gasteiger partial charge in [-0.1, -0.05) is 17.7 Å². The Labute approximate surface area is 135 Å². The van der Waals surface area contributed by atoms with Crippen LogP contribution in [0.4, 0.5) is 0 Å². The van der Waals surface area contributed by atoms with Gasteiger partial charge in [0.2, 0.25) is 0 Å². The van der Waals surface area contributed by atoms with E-state index in [1.807, 2.05) is 6.07 Å². The van der Waals surface area contributed by atoms with Crippen LogP contribution in [0, 0.1) is 0 Å². The maximum atomic E-state index is 12.5. The predicted molar refractivity (Wildman–Crippen MR) is 86.2 cm³/mol. The summed E-state index contributed by atoms with van der Waals surface area (Å²) in [7, 11) is 0. The van der Waals surface area contributed by atoms with Crippen LogP contribution in [0.15, 0.2) is 42.9 Å². The first kappa shape index (κ1) is 14.9. The number of aliphatic hydroxyl groups excluding tert-OH is 1. The van der Waals surface area contributed by atoms with Gasteiger partial charge in [-0.3, -0.25) is 14.8 Å². The fraction of sp³-hybridized carbons (Fsp3) is 0.133. The lowest BCUT2D eigenvalue weighted by Crippen LogP contribution is -2.31. The summed E-state index contributed by atoms with van der Waals surface area (Å²) in [6, 6.07) is 6.55. The highest BCUT2D eigenvalue weighted by atomic mass is 35.5. The average molecular weight is 334 g/mol. The number of nitrogens with one attached hydrogen (secondary N) is 1. The van der Waals surface area contributed by atoms with Gasteiger partial charge in [0.05, 0.1) is 17.0 Å². The summed E-state index contributed by atoms with van der Waals surface area (Å²) < 4.78 is 1.50. The number of aliphatic hydroxyl groups is 1. The smallest absolute Gasteiger partial charge is 0.271 e. The largest absolute Gasteiger partial charge is 0.394 e. The molecule has 0 aliphatic rings. The first-order valence-electron chi connectivity index (χ1n) is 6.54. The molecule has 0 aromatic carbocycles. The van der Waals surface area contributed by atoms with E-state index in [-0.39, 0.29) is 12.5 Å². The number of hydrogen-bond donors (Lipinski definition) is 2. The van der Waals surface area contributed by atoms with E-state index in [2.05, 4.69) is 15.3 Å². The van der Waals surface area contributed by atoms with E-state index in [0.29, 0.717) is 15.4 Å². The van der Waals surface area contributed by atoms with E-state index in [1.54, 1.807) is 36.8 Å². The molecule has 2 N–H and O–H groups in total. The standard InChI is InChI=1S/C15H12ClN3O2S/c16-13-6-10-12(22-13)3-5-18-14(10)15(21)19-11(8-20)9-2-1-4-17-7-9/h1-7,11,20H,8H2,(H,19,21). The minimum absolute atomic E-state index is 0.224. The molecule has 7 heteroatoms. The van der Waals surface area contributed by atoms with Crippen molar-refractivity contribution in [2.24, 2.45) is 0 Å². The summed E-state index contributed by atoms with van der Waals surface area (Å²) >= 11 is 7.39. The fourth-order valence-electron chi connectivity index (χ4n) is 2.16. The number of thiophene rings is 1. The fourth-order valence-corrected chi connectivity index (χ4v) is 3.30. The van der Waals surface area contributed by atoms with Crippen molar-refractivity contribution in [2.75, 3.05) is 6.61 Å².